The number of pyridine rings is 1. The molecule has 1 aromatic heterocycles. The summed E-state index contributed by atoms with van der Waals surface area (Å²) in [4.78, 5) is 17.2. The van der Waals surface area contributed by atoms with Crippen molar-refractivity contribution in [1.82, 2.24) is 9.88 Å². The minimum absolute atomic E-state index is 0.189. The van der Waals surface area contributed by atoms with Crippen molar-refractivity contribution in [2.75, 3.05) is 19.0 Å². The lowest BCUT2D eigenvalue weighted by Crippen LogP contribution is -2.28. The number of aromatic nitrogens is 1. The molecule has 0 spiro atoms. The fourth-order valence-electron chi connectivity index (χ4n) is 1.22. The second-order valence-electron chi connectivity index (χ2n) is 3.20. The summed E-state index contributed by atoms with van der Waals surface area (Å²) in [7, 11) is 1.64. The van der Waals surface area contributed by atoms with E-state index in [1.807, 2.05) is 6.07 Å². The predicted molar refractivity (Wildman–Crippen MR) is 59.2 cm³/mol. The van der Waals surface area contributed by atoms with Gasteiger partial charge >= 0.3 is 0 Å². The van der Waals surface area contributed by atoms with Crippen LogP contribution in [0, 0.1) is 11.3 Å². The topological polar surface area (TPSA) is 95.0 Å². The van der Waals surface area contributed by atoms with Gasteiger partial charge in [-0.15, -0.1) is 0 Å². The number of nitrogen functional groups attached to an aromatic ring is 1. The molecule has 1 aromatic rings. The molecule has 6 nitrogen and oxygen atoms in total. The monoisotopic (exact) mass is 219 g/mol. The largest absolute Gasteiger partial charge is 0.341 e. The van der Waals surface area contributed by atoms with Gasteiger partial charge in [-0.3, -0.25) is 15.6 Å². The first-order valence-electron chi connectivity index (χ1n) is 4.73. The molecule has 0 saturated carbocycles. The summed E-state index contributed by atoms with van der Waals surface area (Å²) in [6.07, 6.45) is 3.30. The van der Waals surface area contributed by atoms with Crippen molar-refractivity contribution in [2.24, 2.45) is 5.84 Å². The number of rotatable bonds is 4. The average Bonchev–Trinajstić information content (AvgIpc) is 2.34. The molecule has 1 heterocycles. The van der Waals surface area contributed by atoms with Crippen LogP contribution in [-0.4, -0.2) is 29.4 Å². The van der Waals surface area contributed by atoms with Gasteiger partial charge < -0.3 is 10.3 Å². The molecule has 0 radical (unpaired) electrons. The Morgan fingerprint density at radius 1 is 1.75 bits per heavy atom. The van der Waals surface area contributed by atoms with Crippen molar-refractivity contribution in [2.45, 2.75) is 6.42 Å². The maximum atomic E-state index is 11.9. The summed E-state index contributed by atoms with van der Waals surface area (Å²) in [6, 6.07) is 3.57. The number of nitrogens with zero attached hydrogens (tertiary/aromatic N) is 3. The summed E-state index contributed by atoms with van der Waals surface area (Å²) in [5, 5.41) is 8.44. The smallest absolute Gasteiger partial charge is 0.255 e. The Balaban J connectivity index is 2.83. The molecule has 84 valence electrons. The van der Waals surface area contributed by atoms with E-state index >= 15 is 0 Å². The van der Waals surface area contributed by atoms with E-state index in [0.717, 1.165) is 0 Å². The highest BCUT2D eigenvalue weighted by Crippen LogP contribution is 2.13. The summed E-state index contributed by atoms with van der Waals surface area (Å²) >= 11 is 0. The van der Waals surface area contributed by atoms with E-state index in [1.165, 1.54) is 17.3 Å². The molecule has 0 bridgehead atoms. The number of nitrogens with one attached hydrogen (secondary N) is 1. The Morgan fingerprint density at radius 3 is 3.12 bits per heavy atom. The van der Waals surface area contributed by atoms with Gasteiger partial charge in [0.25, 0.3) is 5.91 Å². The maximum Gasteiger partial charge on any atom is 0.255 e. The number of hydrazine groups is 1. The summed E-state index contributed by atoms with van der Waals surface area (Å²) in [5.74, 6) is 5.09. The summed E-state index contributed by atoms with van der Waals surface area (Å²) in [5.41, 5.74) is 3.32. The van der Waals surface area contributed by atoms with E-state index in [1.54, 1.807) is 13.1 Å². The number of nitrogens with two attached hydrogens (primary N) is 1. The molecule has 0 unspecified atom stereocenters. The number of nitriles is 1. The first-order valence-corrected chi connectivity index (χ1v) is 4.73. The number of hydrogen-bond acceptors (Lipinski definition) is 5. The summed E-state index contributed by atoms with van der Waals surface area (Å²) in [6.45, 7) is 0.391. The Kier molecular flexibility index (Phi) is 4.24. The Labute approximate surface area is 93.6 Å². The molecule has 1 amide bonds. The highest BCUT2D eigenvalue weighted by molar-refractivity contribution is 5.99. The third-order valence-electron chi connectivity index (χ3n) is 2.11. The zero-order valence-electron chi connectivity index (χ0n) is 8.97. The van der Waals surface area contributed by atoms with Crippen LogP contribution in [0.25, 0.3) is 0 Å². The van der Waals surface area contributed by atoms with Crippen LogP contribution in [0.3, 0.4) is 0 Å². The molecule has 1 rings (SSSR count). The quantitative estimate of drug-likeness (QED) is 0.563. The zero-order valence-corrected chi connectivity index (χ0v) is 8.97. The van der Waals surface area contributed by atoms with Crippen molar-refractivity contribution in [3.63, 3.8) is 0 Å². The van der Waals surface area contributed by atoms with Crippen LogP contribution >= 0.6 is 0 Å². The number of carbonyl (C=O) groups excluding carboxylic acids is 1. The second kappa shape index (κ2) is 5.68. The number of hydrogen-bond donors (Lipinski definition) is 2. The van der Waals surface area contributed by atoms with Crippen LogP contribution in [0.2, 0.25) is 0 Å². The molecular weight excluding hydrogens is 206 g/mol. The van der Waals surface area contributed by atoms with E-state index in [9.17, 15) is 4.79 Å². The van der Waals surface area contributed by atoms with Gasteiger partial charge in [0.2, 0.25) is 0 Å². The van der Waals surface area contributed by atoms with E-state index < -0.39 is 0 Å². The van der Waals surface area contributed by atoms with E-state index in [-0.39, 0.29) is 5.91 Å². The minimum atomic E-state index is -0.189. The highest BCUT2D eigenvalue weighted by atomic mass is 16.2. The standard InChI is InChI=1S/C10H13N5O/c1-15(6-2-4-11)10(16)8-3-5-13-7-9(8)14-12/h3,5,7,14H,2,6,12H2,1H3. The minimum Gasteiger partial charge on any atom is -0.341 e. The first kappa shape index (κ1) is 11.9. The van der Waals surface area contributed by atoms with Gasteiger partial charge in [-0.2, -0.15) is 5.26 Å². The molecule has 16 heavy (non-hydrogen) atoms. The number of anilines is 1. The average molecular weight is 219 g/mol. The van der Waals surface area contributed by atoms with Crippen molar-refractivity contribution >= 4 is 11.6 Å². The molecule has 3 N–H and O–H groups in total. The lowest BCUT2D eigenvalue weighted by Gasteiger charge is -2.17. The fraction of sp³-hybridized carbons (Fsp3) is 0.300. The highest BCUT2D eigenvalue weighted by Gasteiger charge is 2.14. The normalized spacial score (nSPS) is 9.31. The molecule has 6 heteroatoms. The lowest BCUT2D eigenvalue weighted by atomic mass is 10.2. The van der Waals surface area contributed by atoms with Crippen molar-refractivity contribution in [1.29, 1.82) is 5.26 Å². The lowest BCUT2D eigenvalue weighted by molar-refractivity contribution is 0.0799. The molecule has 0 saturated heterocycles. The van der Waals surface area contributed by atoms with E-state index in [4.69, 9.17) is 11.1 Å². The van der Waals surface area contributed by atoms with Crippen LogP contribution in [0.5, 0.6) is 0 Å². The fourth-order valence-corrected chi connectivity index (χ4v) is 1.22. The second-order valence-corrected chi connectivity index (χ2v) is 3.20. The molecule has 0 aromatic carbocycles. The molecular formula is C10H13N5O. The van der Waals surface area contributed by atoms with Crippen LogP contribution in [-0.2, 0) is 0 Å². The van der Waals surface area contributed by atoms with Gasteiger partial charge in [-0.25, -0.2) is 0 Å². The van der Waals surface area contributed by atoms with Crippen LogP contribution in [0.4, 0.5) is 5.69 Å². The SMILES string of the molecule is CN(CCC#N)C(=O)c1ccncc1NN. The van der Waals surface area contributed by atoms with Gasteiger partial charge in [0.15, 0.2) is 0 Å². The molecule has 0 aliphatic carbocycles. The van der Waals surface area contributed by atoms with Crippen molar-refractivity contribution < 1.29 is 4.79 Å². The van der Waals surface area contributed by atoms with Gasteiger partial charge in [0.1, 0.15) is 0 Å². The van der Waals surface area contributed by atoms with Crippen molar-refractivity contribution in [3.8, 4) is 6.07 Å². The third kappa shape index (κ3) is 2.68. The Morgan fingerprint density at radius 2 is 2.50 bits per heavy atom. The van der Waals surface area contributed by atoms with Crippen LogP contribution in [0.15, 0.2) is 18.5 Å². The van der Waals surface area contributed by atoms with Crippen LogP contribution in [0.1, 0.15) is 16.8 Å². The summed E-state index contributed by atoms with van der Waals surface area (Å²) < 4.78 is 0. The van der Waals surface area contributed by atoms with Gasteiger partial charge in [-0.05, 0) is 6.07 Å². The van der Waals surface area contributed by atoms with Gasteiger partial charge in [0.05, 0.1) is 29.9 Å². The van der Waals surface area contributed by atoms with E-state index in [0.29, 0.717) is 24.2 Å². The van der Waals surface area contributed by atoms with Gasteiger partial charge in [0, 0.05) is 19.8 Å². The van der Waals surface area contributed by atoms with E-state index in [2.05, 4.69) is 10.4 Å². The van der Waals surface area contributed by atoms with Gasteiger partial charge in [-0.1, -0.05) is 0 Å². The maximum absolute atomic E-state index is 11.9. The Bertz CT molecular complexity index is 412. The molecule has 0 atom stereocenters. The zero-order chi connectivity index (χ0) is 12.0. The molecule has 0 aliphatic heterocycles. The van der Waals surface area contributed by atoms with Crippen LogP contribution < -0.4 is 11.3 Å². The van der Waals surface area contributed by atoms with Crippen molar-refractivity contribution in [3.05, 3.63) is 24.0 Å². The predicted octanol–water partition coefficient (Wildman–Crippen LogP) is 0.353. The number of carbonyl (C=O) groups is 1. The third-order valence-corrected chi connectivity index (χ3v) is 2.11. The first-order chi connectivity index (χ1) is 7.70. The number of amides is 1. The molecule has 0 fully saturated rings. The molecule has 0 aliphatic rings. The Hall–Kier alpha value is -2.13.